The second kappa shape index (κ2) is 9.50. The second-order valence-corrected chi connectivity index (χ2v) is 6.66. The minimum Gasteiger partial charge on any atom is -0.504 e. The fourth-order valence-corrected chi connectivity index (χ4v) is 2.48. The number of phenolic OH excluding ortho intramolecular Hbond substituents is 4. The molecule has 2 rings (SSSR count). The van der Waals surface area contributed by atoms with Gasteiger partial charge in [0.05, 0.1) is 6.10 Å². The highest BCUT2D eigenvalue weighted by Gasteiger charge is 2.23. The molecule has 0 saturated carbocycles. The van der Waals surface area contributed by atoms with Crippen LogP contribution in [0, 0.1) is 0 Å². The van der Waals surface area contributed by atoms with Gasteiger partial charge in [-0.1, -0.05) is 12.1 Å². The van der Waals surface area contributed by atoms with Gasteiger partial charge in [0, 0.05) is 12.5 Å². The summed E-state index contributed by atoms with van der Waals surface area (Å²) in [4.78, 5) is 24.6. The number of esters is 1. The standard InChI is InChI=1S/C21H23NO7/c1-12(2)29-21(28)15(9-14-4-7-17(24)19(26)11-14)22-20(27)8-5-13-3-6-16(23)18(25)10-13/h3-8,10-12,15,23-26H,9H2,1-2H3,(H,22,27). The van der Waals surface area contributed by atoms with E-state index in [0.717, 1.165) is 0 Å². The molecule has 1 unspecified atom stereocenters. The monoisotopic (exact) mass is 401 g/mol. The van der Waals surface area contributed by atoms with Gasteiger partial charge in [-0.25, -0.2) is 4.79 Å². The van der Waals surface area contributed by atoms with E-state index >= 15 is 0 Å². The van der Waals surface area contributed by atoms with Gasteiger partial charge in [0.15, 0.2) is 23.0 Å². The zero-order valence-corrected chi connectivity index (χ0v) is 16.0. The summed E-state index contributed by atoms with van der Waals surface area (Å²) in [6.07, 6.45) is 2.24. The number of rotatable bonds is 7. The van der Waals surface area contributed by atoms with Crippen molar-refractivity contribution in [1.29, 1.82) is 0 Å². The molecule has 5 N–H and O–H groups in total. The number of nitrogens with one attached hydrogen (secondary N) is 1. The van der Waals surface area contributed by atoms with Gasteiger partial charge in [-0.15, -0.1) is 0 Å². The Kier molecular flexibility index (Phi) is 7.08. The lowest BCUT2D eigenvalue weighted by atomic mass is 10.0. The SMILES string of the molecule is CC(C)OC(=O)C(Cc1ccc(O)c(O)c1)NC(=O)C=Cc1ccc(O)c(O)c1. The molecule has 0 fully saturated rings. The van der Waals surface area contributed by atoms with Crippen LogP contribution in [-0.4, -0.2) is 44.4 Å². The van der Waals surface area contributed by atoms with E-state index < -0.39 is 17.9 Å². The fourth-order valence-electron chi connectivity index (χ4n) is 2.48. The molecule has 0 bridgehead atoms. The molecular formula is C21H23NO7. The lowest BCUT2D eigenvalue weighted by molar-refractivity contribution is -0.151. The maximum absolute atomic E-state index is 12.4. The maximum atomic E-state index is 12.4. The quantitative estimate of drug-likeness (QED) is 0.272. The van der Waals surface area contributed by atoms with E-state index in [4.69, 9.17) is 4.74 Å². The highest BCUT2D eigenvalue weighted by atomic mass is 16.5. The van der Waals surface area contributed by atoms with Crippen LogP contribution in [0.1, 0.15) is 25.0 Å². The summed E-state index contributed by atoms with van der Waals surface area (Å²) in [7, 11) is 0. The van der Waals surface area contributed by atoms with Gasteiger partial charge >= 0.3 is 5.97 Å². The summed E-state index contributed by atoms with van der Waals surface area (Å²) in [5.74, 6) is -2.45. The summed E-state index contributed by atoms with van der Waals surface area (Å²) >= 11 is 0. The molecule has 2 aromatic carbocycles. The van der Waals surface area contributed by atoms with E-state index in [9.17, 15) is 30.0 Å². The first-order valence-corrected chi connectivity index (χ1v) is 8.87. The van der Waals surface area contributed by atoms with Crippen molar-refractivity contribution in [3.8, 4) is 23.0 Å². The molecule has 1 atom stereocenters. The fraction of sp³-hybridized carbons (Fsp3) is 0.238. The molecule has 8 nitrogen and oxygen atoms in total. The molecule has 0 aromatic heterocycles. The molecular weight excluding hydrogens is 378 g/mol. The van der Waals surface area contributed by atoms with Gasteiger partial charge in [-0.05, 0) is 55.3 Å². The van der Waals surface area contributed by atoms with Gasteiger partial charge < -0.3 is 30.5 Å². The van der Waals surface area contributed by atoms with Crippen molar-refractivity contribution in [3.63, 3.8) is 0 Å². The first-order valence-electron chi connectivity index (χ1n) is 8.87. The minimum absolute atomic E-state index is 0.0406. The Bertz CT molecular complexity index is 921. The van der Waals surface area contributed by atoms with Gasteiger partial charge in [0.25, 0.3) is 0 Å². The highest BCUT2D eigenvalue weighted by Crippen LogP contribution is 2.26. The lowest BCUT2D eigenvalue weighted by Crippen LogP contribution is -2.43. The predicted molar refractivity (Wildman–Crippen MR) is 105 cm³/mol. The number of benzene rings is 2. The van der Waals surface area contributed by atoms with Gasteiger partial charge in [0.1, 0.15) is 6.04 Å². The molecule has 8 heteroatoms. The summed E-state index contributed by atoms with van der Waals surface area (Å²) in [5.41, 5.74) is 0.985. The zero-order chi connectivity index (χ0) is 21.6. The normalized spacial score (nSPS) is 12.1. The highest BCUT2D eigenvalue weighted by molar-refractivity contribution is 5.94. The van der Waals surface area contributed by atoms with E-state index in [-0.39, 0.29) is 35.5 Å². The van der Waals surface area contributed by atoms with Crippen LogP contribution in [0.4, 0.5) is 0 Å². The topological polar surface area (TPSA) is 136 Å². The summed E-state index contributed by atoms with van der Waals surface area (Å²) in [5, 5.41) is 40.4. The van der Waals surface area contributed by atoms with Gasteiger partial charge in [0.2, 0.25) is 5.91 Å². The van der Waals surface area contributed by atoms with Crippen LogP contribution >= 0.6 is 0 Å². The minimum atomic E-state index is -1.02. The van der Waals surface area contributed by atoms with Crippen molar-refractivity contribution in [3.05, 3.63) is 53.6 Å². The Morgan fingerprint density at radius 3 is 2.17 bits per heavy atom. The molecule has 0 heterocycles. The van der Waals surface area contributed by atoms with Crippen molar-refractivity contribution >= 4 is 18.0 Å². The lowest BCUT2D eigenvalue weighted by Gasteiger charge is -2.19. The summed E-state index contributed by atoms with van der Waals surface area (Å²) in [6.45, 7) is 3.36. The predicted octanol–water partition coefficient (Wildman–Crippen LogP) is 2.20. The van der Waals surface area contributed by atoms with Crippen LogP contribution < -0.4 is 5.32 Å². The van der Waals surface area contributed by atoms with Crippen molar-refractivity contribution in [1.82, 2.24) is 5.32 Å². The van der Waals surface area contributed by atoms with Crippen molar-refractivity contribution < 1.29 is 34.8 Å². The third kappa shape index (κ3) is 6.46. The van der Waals surface area contributed by atoms with Gasteiger partial charge in [-0.3, -0.25) is 4.79 Å². The summed E-state index contributed by atoms with van der Waals surface area (Å²) < 4.78 is 5.18. The van der Waals surface area contributed by atoms with Crippen molar-refractivity contribution in [2.45, 2.75) is 32.4 Å². The number of amides is 1. The molecule has 0 aliphatic rings. The Morgan fingerprint density at radius 1 is 0.966 bits per heavy atom. The Hall–Kier alpha value is -3.68. The molecule has 0 aliphatic heterocycles. The van der Waals surface area contributed by atoms with Crippen LogP contribution in [0.3, 0.4) is 0 Å². The molecule has 0 radical (unpaired) electrons. The van der Waals surface area contributed by atoms with E-state index in [1.165, 1.54) is 48.6 Å². The zero-order valence-electron chi connectivity index (χ0n) is 16.0. The van der Waals surface area contributed by atoms with Crippen LogP contribution in [0.5, 0.6) is 23.0 Å². The molecule has 29 heavy (non-hydrogen) atoms. The maximum Gasteiger partial charge on any atom is 0.329 e. The van der Waals surface area contributed by atoms with E-state index in [2.05, 4.69) is 5.32 Å². The van der Waals surface area contributed by atoms with E-state index in [1.54, 1.807) is 13.8 Å². The Morgan fingerprint density at radius 2 is 1.59 bits per heavy atom. The van der Waals surface area contributed by atoms with E-state index in [1.807, 2.05) is 0 Å². The number of phenols is 4. The first-order chi connectivity index (χ1) is 13.7. The largest absolute Gasteiger partial charge is 0.504 e. The summed E-state index contributed by atoms with van der Waals surface area (Å²) in [6, 6.07) is 7.15. The number of hydrogen-bond acceptors (Lipinski definition) is 7. The molecule has 0 saturated heterocycles. The number of ether oxygens (including phenoxy) is 1. The van der Waals surface area contributed by atoms with Crippen molar-refractivity contribution in [2.75, 3.05) is 0 Å². The van der Waals surface area contributed by atoms with Crippen LogP contribution in [0.15, 0.2) is 42.5 Å². The molecule has 2 aromatic rings. The second-order valence-electron chi connectivity index (χ2n) is 6.66. The number of aromatic hydroxyl groups is 4. The van der Waals surface area contributed by atoms with Crippen LogP contribution in [0.2, 0.25) is 0 Å². The average molecular weight is 401 g/mol. The Labute approximate surface area is 167 Å². The van der Waals surface area contributed by atoms with Crippen molar-refractivity contribution in [2.24, 2.45) is 0 Å². The van der Waals surface area contributed by atoms with E-state index in [0.29, 0.717) is 11.1 Å². The van der Waals surface area contributed by atoms with Crippen LogP contribution in [-0.2, 0) is 20.7 Å². The third-order valence-electron chi connectivity index (χ3n) is 3.86. The number of carbonyl (C=O) groups excluding carboxylic acids is 2. The average Bonchev–Trinajstić information content (AvgIpc) is 2.64. The Balaban J connectivity index is 2.13. The number of hydrogen-bond donors (Lipinski definition) is 5. The molecule has 0 aliphatic carbocycles. The smallest absolute Gasteiger partial charge is 0.329 e. The van der Waals surface area contributed by atoms with Gasteiger partial charge in [-0.2, -0.15) is 0 Å². The molecule has 1 amide bonds. The third-order valence-corrected chi connectivity index (χ3v) is 3.86. The number of carbonyl (C=O) groups is 2. The first kappa shape index (κ1) is 21.6. The molecule has 154 valence electrons. The van der Waals surface area contributed by atoms with Crippen LogP contribution in [0.25, 0.3) is 6.08 Å². The molecule has 0 spiro atoms.